The molecule has 0 radical (unpaired) electrons. The second-order valence-corrected chi connectivity index (χ2v) is 3.66. The fourth-order valence-corrected chi connectivity index (χ4v) is 1.30. The Kier molecular flexibility index (Phi) is 4.61. The van der Waals surface area contributed by atoms with Crippen molar-refractivity contribution in [3.05, 3.63) is 39.4 Å². The number of benzene rings is 1. The van der Waals surface area contributed by atoms with E-state index >= 15 is 0 Å². The summed E-state index contributed by atoms with van der Waals surface area (Å²) in [6.07, 6.45) is 0. The molecule has 2 N–H and O–H groups in total. The standard InChI is InChI=1S/C10H10ClN3O4/c1-6-4-7(2-3-8(6)14(17)18)10(16)13-12-9(15)5-11/h2-4H,5H2,1H3,(H,12,15)(H,13,16). The highest BCUT2D eigenvalue weighted by atomic mass is 35.5. The molecule has 0 aliphatic rings. The van der Waals surface area contributed by atoms with Crippen molar-refractivity contribution >= 4 is 29.1 Å². The van der Waals surface area contributed by atoms with Crippen molar-refractivity contribution in [1.82, 2.24) is 10.9 Å². The minimum atomic E-state index is -0.577. The van der Waals surface area contributed by atoms with Crippen LogP contribution in [0.15, 0.2) is 18.2 Å². The SMILES string of the molecule is Cc1cc(C(=O)NNC(=O)CCl)ccc1[N+](=O)[O-]. The van der Waals surface area contributed by atoms with Gasteiger partial charge in [0.25, 0.3) is 17.5 Å². The molecule has 7 nitrogen and oxygen atoms in total. The number of alkyl halides is 1. The molecule has 0 aliphatic heterocycles. The van der Waals surface area contributed by atoms with Gasteiger partial charge in [-0.1, -0.05) is 0 Å². The van der Waals surface area contributed by atoms with Gasteiger partial charge in [0.05, 0.1) is 4.92 Å². The molecule has 0 atom stereocenters. The lowest BCUT2D eigenvalue weighted by Crippen LogP contribution is -2.42. The van der Waals surface area contributed by atoms with E-state index in [1.165, 1.54) is 25.1 Å². The molecule has 0 aromatic heterocycles. The molecule has 0 spiro atoms. The van der Waals surface area contributed by atoms with Gasteiger partial charge in [-0.3, -0.25) is 30.6 Å². The van der Waals surface area contributed by atoms with E-state index < -0.39 is 16.7 Å². The molecule has 0 aliphatic carbocycles. The van der Waals surface area contributed by atoms with Crippen LogP contribution in [0.4, 0.5) is 5.69 Å². The summed E-state index contributed by atoms with van der Waals surface area (Å²) < 4.78 is 0. The number of nitrogens with one attached hydrogen (secondary N) is 2. The third-order valence-corrected chi connectivity index (χ3v) is 2.34. The summed E-state index contributed by atoms with van der Waals surface area (Å²) in [5.41, 5.74) is 4.70. The summed E-state index contributed by atoms with van der Waals surface area (Å²) in [6.45, 7) is 1.52. The largest absolute Gasteiger partial charge is 0.272 e. The fourth-order valence-electron chi connectivity index (χ4n) is 1.23. The van der Waals surface area contributed by atoms with Crippen molar-refractivity contribution in [1.29, 1.82) is 0 Å². The number of carbonyl (C=O) groups is 2. The van der Waals surface area contributed by atoms with E-state index in [4.69, 9.17) is 11.6 Å². The molecule has 0 saturated heterocycles. The van der Waals surface area contributed by atoms with Crippen molar-refractivity contribution in [2.75, 3.05) is 5.88 Å². The highest BCUT2D eigenvalue weighted by Gasteiger charge is 2.13. The second-order valence-electron chi connectivity index (χ2n) is 3.39. The van der Waals surface area contributed by atoms with E-state index in [1.807, 2.05) is 0 Å². The molecule has 0 saturated carbocycles. The number of hydrogen-bond donors (Lipinski definition) is 2. The molecule has 0 unspecified atom stereocenters. The molecule has 1 aromatic carbocycles. The average Bonchev–Trinajstić information content (AvgIpc) is 2.34. The number of nitro groups is 1. The molecule has 1 rings (SSSR count). The number of carbonyl (C=O) groups excluding carboxylic acids is 2. The smallest absolute Gasteiger partial charge is 0.272 e. The van der Waals surface area contributed by atoms with Gasteiger partial charge in [-0.2, -0.15) is 0 Å². The third-order valence-electron chi connectivity index (χ3n) is 2.09. The van der Waals surface area contributed by atoms with Crippen LogP contribution in [0.3, 0.4) is 0 Å². The first-order valence-corrected chi connectivity index (χ1v) is 5.39. The number of halogens is 1. The molecular weight excluding hydrogens is 262 g/mol. The second kappa shape index (κ2) is 5.97. The maximum Gasteiger partial charge on any atom is 0.272 e. The van der Waals surface area contributed by atoms with Crippen molar-refractivity contribution < 1.29 is 14.5 Å². The minimum Gasteiger partial charge on any atom is -0.272 e. The zero-order chi connectivity index (χ0) is 13.7. The van der Waals surface area contributed by atoms with Crippen molar-refractivity contribution in [3.63, 3.8) is 0 Å². The zero-order valence-electron chi connectivity index (χ0n) is 9.40. The van der Waals surface area contributed by atoms with Gasteiger partial charge in [-0.25, -0.2) is 0 Å². The van der Waals surface area contributed by atoms with Crippen molar-refractivity contribution in [3.8, 4) is 0 Å². The Morgan fingerprint density at radius 1 is 1.39 bits per heavy atom. The monoisotopic (exact) mass is 271 g/mol. The van der Waals surface area contributed by atoms with Crippen LogP contribution in [0, 0.1) is 17.0 Å². The molecule has 0 bridgehead atoms. The van der Waals surface area contributed by atoms with Crippen molar-refractivity contribution in [2.45, 2.75) is 6.92 Å². The summed E-state index contributed by atoms with van der Waals surface area (Å²) in [4.78, 5) is 32.4. The normalized spacial score (nSPS) is 9.67. The Bertz CT molecular complexity index is 504. The zero-order valence-corrected chi connectivity index (χ0v) is 10.2. The first-order chi connectivity index (χ1) is 8.45. The van der Waals surface area contributed by atoms with Crippen LogP contribution in [-0.4, -0.2) is 22.6 Å². The highest BCUT2D eigenvalue weighted by Crippen LogP contribution is 2.18. The fraction of sp³-hybridized carbons (Fsp3) is 0.200. The molecule has 1 aromatic rings. The first kappa shape index (κ1) is 13.9. The van der Waals surface area contributed by atoms with E-state index in [-0.39, 0.29) is 17.1 Å². The molecule has 2 amide bonds. The van der Waals surface area contributed by atoms with Gasteiger partial charge in [-0.15, -0.1) is 11.6 Å². The average molecular weight is 272 g/mol. The van der Waals surface area contributed by atoms with Gasteiger partial charge in [0.2, 0.25) is 0 Å². The van der Waals surface area contributed by atoms with E-state index in [1.54, 1.807) is 0 Å². The lowest BCUT2D eigenvalue weighted by atomic mass is 10.1. The molecule has 18 heavy (non-hydrogen) atoms. The summed E-state index contributed by atoms with van der Waals surface area (Å²) in [5, 5.41) is 10.6. The van der Waals surface area contributed by atoms with Gasteiger partial charge in [-0.05, 0) is 19.1 Å². The number of amides is 2. The first-order valence-electron chi connectivity index (χ1n) is 4.86. The molecule has 0 heterocycles. The quantitative estimate of drug-likeness (QED) is 0.484. The van der Waals surface area contributed by atoms with Gasteiger partial charge >= 0.3 is 0 Å². The Labute approximate surface area is 107 Å². The Morgan fingerprint density at radius 2 is 2.06 bits per heavy atom. The number of hydrogen-bond acceptors (Lipinski definition) is 4. The number of nitrogens with zero attached hydrogens (tertiary/aromatic N) is 1. The van der Waals surface area contributed by atoms with Crippen LogP contribution in [0.1, 0.15) is 15.9 Å². The van der Waals surface area contributed by atoms with Crippen LogP contribution in [0.5, 0.6) is 0 Å². The lowest BCUT2D eigenvalue weighted by molar-refractivity contribution is -0.385. The predicted molar refractivity (Wildman–Crippen MR) is 64.2 cm³/mol. The predicted octanol–water partition coefficient (Wildman–Crippen LogP) is 0.903. The number of rotatable bonds is 3. The molecule has 0 fully saturated rings. The maximum atomic E-state index is 11.6. The van der Waals surface area contributed by atoms with E-state index in [0.29, 0.717) is 5.56 Å². The van der Waals surface area contributed by atoms with Gasteiger partial charge in [0, 0.05) is 17.2 Å². The van der Waals surface area contributed by atoms with Crippen LogP contribution in [0.25, 0.3) is 0 Å². The van der Waals surface area contributed by atoms with Gasteiger partial charge in [0.1, 0.15) is 5.88 Å². The summed E-state index contributed by atoms with van der Waals surface area (Å²) >= 11 is 5.22. The van der Waals surface area contributed by atoms with E-state index in [0.717, 1.165) is 0 Å². The third kappa shape index (κ3) is 3.42. The van der Waals surface area contributed by atoms with Gasteiger partial charge < -0.3 is 0 Å². The number of hydrazine groups is 1. The number of aryl methyl sites for hydroxylation is 1. The molecular formula is C10H10ClN3O4. The minimum absolute atomic E-state index is 0.0728. The van der Waals surface area contributed by atoms with E-state index in [2.05, 4.69) is 10.9 Å². The van der Waals surface area contributed by atoms with Crippen molar-refractivity contribution in [2.24, 2.45) is 0 Å². The van der Waals surface area contributed by atoms with Crippen LogP contribution in [0.2, 0.25) is 0 Å². The highest BCUT2D eigenvalue weighted by molar-refractivity contribution is 6.27. The lowest BCUT2D eigenvalue weighted by Gasteiger charge is -2.06. The van der Waals surface area contributed by atoms with E-state index in [9.17, 15) is 19.7 Å². The van der Waals surface area contributed by atoms with Gasteiger partial charge in [0.15, 0.2) is 0 Å². The Balaban J connectivity index is 2.79. The topological polar surface area (TPSA) is 101 Å². The summed E-state index contributed by atoms with van der Waals surface area (Å²) in [5.74, 6) is -1.41. The van der Waals surface area contributed by atoms with Crippen LogP contribution < -0.4 is 10.9 Å². The van der Waals surface area contributed by atoms with Crippen LogP contribution >= 0.6 is 11.6 Å². The molecule has 96 valence electrons. The number of nitro benzene ring substituents is 1. The maximum absolute atomic E-state index is 11.6. The summed E-state index contributed by atoms with van der Waals surface area (Å²) in [7, 11) is 0. The molecule has 8 heteroatoms. The Morgan fingerprint density at radius 3 is 2.56 bits per heavy atom. The summed E-state index contributed by atoms with van der Waals surface area (Å²) in [6, 6.07) is 3.89. The Hall–Kier alpha value is -2.15. The van der Waals surface area contributed by atoms with Crippen LogP contribution in [-0.2, 0) is 4.79 Å².